The highest BCUT2D eigenvalue weighted by atomic mass is 35.5. The van der Waals surface area contributed by atoms with Crippen molar-refractivity contribution in [3.05, 3.63) is 24.3 Å². The molecule has 0 spiro atoms. The Morgan fingerprint density at radius 1 is 1.32 bits per heavy atom. The molecule has 1 amide bonds. The number of halogens is 1. The summed E-state index contributed by atoms with van der Waals surface area (Å²) < 4.78 is 10.6. The number of carbonyl (C=O) groups excluding carboxylic acids is 1. The standard InChI is InChI=1S/C16H24N2O3.ClH/c1-20-14-4-6-15(7-5-14)21-10-8-16(19)18-12-13-3-2-9-17-11-13;/h4-7,13,17H,2-3,8-12H2,1H3,(H,18,19);1H. The number of nitrogens with one attached hydrogen (secondary N) is 2. The van der Waals surface area contributed by atoms with Gasteiger partial charge in [0, 0.05) is 6.54 Å². The predicted molar refractivity (Wildman–Crippen MR) is 89.0 cm³/mol. The van der Waals surface area contributed by atoms with Gasteiger partial charge in [-0.2, -0.15) is 0 Å². The molecule has 1 aromatic rings. The fourth-order valence-corrected chi connectivity index (χ4v) is 2.38. The van der Waals surface area contributed by atoms with Crippen LogP contribution in [0.1, 0.15) is 19.3 Å². The molecule has 2 N–H and O–H groups in total. The van der Waals surface area contributed by atoms with Gasteiger partial charge in [-0.1, -0.05) is 0 Å². The maximum Gasteiger partial charge on any atom is 0.223 e. The molecule has 1 aromatic carbocycles. The van der Waals surface area contributed by atoms with Crippen molar-refractivity contribution in [3.8, 4) is 11.5 Å². The van der Waals surface area contributed by atoms with Crippen LogP contribution in [0.4, 0.5) is 0 Å². The number of benzene rings is 1. The first-order valence-corrected chi connectivity index (χ1v) is 7.52. The minimum atomic E-state index is 0. The summed E-state index contributed by atoms with van der Waals surface area (Å²) in [6.07, 6.45) is 2.77. The topological polar surface area (TPSA) is 59.6 Å². The number of ether oxygens (including phenoxy) is 2. The van der Waals surface area contributed by atoms with E-state index in [1.165, 1.54) is 12.8 Å². The first-order chi connectivity index (χ1) is 10.3. The van der Waals surface area contributed by atoms with Crippen LogP contribution in [0.3, 0.4) is 0 Å². The number of rotatable bonds is 7. The van der Waals surface area contributed by atoms with Gasteiger partial charge in [0.2, 0.25) is 5.91 Å². The SMILES string of the molecule is COc1ccc(OCCC(=O)NCC2CCCNC2)cc1.Cl. The van der Waals surface area contributed by atoms with Gasteiger partial charge >= 0.3 is 0 Å². The molecule has 1 heterocycles. The second-order valence-electron chi connectivity index (χ2n) is 5.29. The molecule has 124 valence electrons. The minimum absolute atomic E-state index is 0. The fourth-order valence-electron chi connectivity index (χ4n) is 2.38. The van der Waals surface area contributed by atoms with E-state index in [-0.39, 0.29) is 18.3 Å². The van der Waals surface area contributed by atoms with Gasteiger partial charge in [-0.15, -0.1) is 12.4 Å². The van der Waals surface area contributed by atoms with Crippen molar-refractivity contribution in [2.45, 2.75) is 19.3 Å². The van der Waals surface area contributed by atoms with Gasteiger partial charge in [0.1, 0.15) is 11.5 Å². The van der Waals surface area contributed by atoms with Crippen LogP contribution in [-0.4, -0.2) is 39.3 Å². The lowest BCUT2D eigenvalue weighted by Gasteiger charge is -2.22. The van der Waals surface area contributed by atoms with E-state index in [1.54, 1.807) is 7.11 Å². The van der Waals surface area contributed by atoms with Crippen LogP contribution in [-0.2, 0) is 4.79 Å². The number of carbonyl (C=O) groups is 1. The molecule has 5 nitrogen and oxygen atoms in total. The van der Waals surface area contributed by atoms with Crippen molar-refractivity contribution in [1.82, 2.24) is 10.6 Å². The Morgan fingerprint density at radius 2 is 2.05 bits per heavy atom. The maximum atomic E-state index is 11.7. The van der Waals surface area contributed by atoms with Crippen molar-refractivity contribution in [2.24, 2.45) is 5.92 Å². The van der Waals surface area contributed by atoms with Gasteiger partial charge in [0.05, 0.1) is 20.1 Å². The first kappa shape index (κ1) is 18.6. The average Bonchev–Trinajstić information content (AvgIpc) is 2.54. The molecule has 1 unspecified atom stereocenters. The Hall–Kier alpha value is -1.46. The van der Waals surface area contributed by atoms with Crippen molar-refractivity contribution in [3.63, 3.8) is 0 Å². The molecule has 1 aliphatic heterocycles. The summed E-state index contributed by atoms with van der Waals surface area (Å²) in [5, 5.41) is 6.32. The van der Waals surface area contributed by atoms with E-state index in [2.05, 4.69) is 10.6 Å². The zero-order valence-electron chi connectivity index (χ0n) is 13.0. The number of methoxy groups -OCH3 is 1. The van der Waals surface area contributed by atoms with Crippen LogP contribution in [0.15, 0.2) is 24.3 Å². The van der Waals surface area contributed by atoms with E-state index in [0.717, 1.165) is 31.1 Å². The van der Waals surface area contributed by atoms with Gasteiger partial charge in [0.15, 0.2) is 0 Å². The van der Waals surface area contributed by atoms with Gasteiger partial charge in [0.25, 0.3) is 0 Å². The molecule has 1 fully saturated rings. The van der Waals surface area contributed by atoms with Crippen LogP contribution in [0.25, 0.3) is 0 Å². The Morgan fingerprint density at radius 3 is 2.68 bits per heavy atom. The third kappa shape index (κ3) is 6.54. The van der Waals surface area contributed by atoms with Crippen molar-refractivity contribution >= 4 is 18.3 Å². The smallest absolute Gasteiger partial charge is 0.223 e. The summed E-state index contributed by atoms with van der Waals surface area (Å²) in [6.45, 7) is 3.25. The van der Waals surface area contributed by atoms with E-state index in [4.69, 9.17) is 9.47 Å². The molecule has 0 radical (unpaired) electrons. The van der Waals surface area contributed by atoms with Crippen molar-refractivity contribution < 1.29 is 14.3 Å². The van der Waals surface area contributed by atoms with Gasteiger partial charge in [-0.3, -0.25) is 4.79 Å². The van der Waals surface area contributed by atoms with Gasteiger partial charge in [-0.25, -0.2) is 0 Å². The largest absolute Gasteiger partial charge is 0.497 e. The summed E-state index contributed by atoms with van der Waals surface area (Å²) in [7, 11) is 1.63. The van der Waals surface area contributed by atoms with Crippen molar-refractivity contribution in [1.29, 1.82) is 0 Å². The minimum Gasteiger partial charge on any atom is -0.497 e. The number of hydrogen-bond acceptors (Lipinski definition) is 4. The third-order valence-electron chi connectivity index (χ3n) is 3.64. The molecule has 22 heavy (non-hydrogen) atoms. The van der Waals surface area contributed by atoms with E-state index in [9.17, 15) is 4.79 Å². The quantitative estimate of drug-likeness (QED) is 0.804. The lowest BCUT2D eigenvalue weighted by Crippen LogP contribution is -2.38. The molecule has 1 aliphatic rings. The van der Waals surface area contributed by atoms with Gasteiger partial charge in [-0.05, 0) is 56.1 Å². The maximum absolute atomic E-state index is 11.7. The van der Waals surface area contributed by atoms with Crippen molar-refractivity contribution in [2.75, 3.05) is 33.4 Å². The average molecular weight is 329 g/mol. The Balaban J connectivity index is 0.00000242. The van der Waals surface area contributed by atoms with E-state index >= 15 is 0 Å². The summed E-state index contributed by atoms with van der Waals surface area (Å²) in [4.78, 5) is 11.7. The van der Waals surface area contributed by atoms with Crippen LogP contribution in [0.5, 0.6) is 11.5 Å². The molecule has 0 aliphatic carbocycles. The van der Waals surface area contributed by atoms with Crippen LogP contribution >= 0.6 is 12.4 Å². The monoisotopic (exact) mass is 328 g/mol. The molecular formula is C16H25ClN2O3. The molecule has 2 rings (SSSR count). The lowest BCUT2D eigenvalue weighted by atomic mass is 10.00. The van der Waals surface area contributed by atoms with Crippen LogP contribution in [0, 0.1) is 5.92 Å². The summed E-state index contributed by atoms with van der Waals surface area (Å²) in [6, 6.07) is 7.35. The van der Waals surface area contributed by atoms with E-state index in [1.807, 2.05) is 24.3 Å². The summed E-state index contributed by atoms with van der Waals surface area (Å²) in [5.74, 6) is 2.15. The zero-order chi connectivity index (χ0) is 14.9. The fraction of sp³-hybridized carbons (Fsp3) is 0.562. The normalized spacial score (nSPS) is 17.2. The Bertz CT molecular complexity index is 434. The summed E-state index contributed by atoms with van der Waals surface area (Å²) >= 11 is 0. The highest BCUT2D eigenvalue weighted by Gasteiger charge is 2.13. The summed E-state index contributed by atoms with van der Waals surface area (Å²) in [5.41, 5.74) is 0. The second-order valence-corrected chi connectivity index (χ2v) is 5.29. The molecular weight excluding hydrogens is 304 g/mol. The zero-order valence-corrected chi connectivity index (χ0v) is 13.8. The molecule has 1 atom stereocenters. The highest BCUT2D eigenvalue weighted by molar-refractivity contribution is 5.85. The number of piperidine rings is 1. The third-order valence-corrected chi connectivity index (χ3v) is 3.64. The molecule has 0 bridgehead atoms. The number of amides is 1. The number of hydrogen-bond donors (Lipinski definition) is 2. The Labute approximate surface area is 138 Å². The van der Waals surface area contributed by atoms with Crippen LogP contribution < -0.4 is 20.1 Å². The Kier molecular flexibility index (Phi) is 8.70. The van der Waals surface area contributed by atoms with E-state index < -0.39 is 0 Å². The molecule has 0 aromatic heterocycles. The molecule has 1 saturated heterocycles. The van der Waals surface area contributed by atoms with E-state index in [0.29, 0.717) is 18.9 Å². The molecule has 0 saturated carbocycles. The molecule has 6 heteroatoms. The van der Waals surface area contributed by atoms with Crippen LogP contribution in [0.2, 0.25) is 0 Å². The van der Waals surface area contributed by atoms with Gasteiger partial charge < -0.3 is 20.1 Å². The predicted octanol–water partition coefficient (Wildman–Crippen LogP) is 2.00. The second kappa shape index (κ2) is 10.3. The first-order valence-electron chi connectivity index (χ1n) is 7.52. The highest BCUT2D eigenvalue weighted by Crippen LogP contribution is 2.17. The lowest BCUT2D eigenvalue weighted by molar-refractivity contribution is -0.121.